The summed E-state index contributed by atoms with van der Waals surface area (Å²) in [5.74, 6) is 0. The molecule has 0 unspecified atom stereocenters. The Morgan fingerprint density at radius 2 is 1.36 bits per heavy atom. The fourth-order valence-electron chi connectivity index (χ4n) is 1.86. The van der Waals surface area contributed by atoms with Gasteiger partial charge < -0.3 is 10.8 Å². The van der Waals surface area contributed by atoms with Crippen molar-refractivity contribution in [3.63, 3.8) is 0 Å². The minimum absolute atomic E-state index is 0.00521. The maximum absolute atomic E-state index is 8.82. The normalized spacial score (nSPS) is 12.0. The molecule has 0 aromatic carbocycles. The smallest absolute Gasteiger partial charge is 0.0431 e. The Morgan fingerprint density at radius 1 is 0.929 bits per heavy atom. The van der Waals surface area contributed by atoms with Crippen LogP contribution in [0.4, 0.5) is 0 Å². The molecule has 0 saturated carbocycles. The van der Waals surface area contributed by atoms with Crippen LogP contribution in [-0.4, -0.2) is 17.3 Å². The Bertz CT molecular complexity index is 104. The SMILES string of the molecule is CCCCC(N)(CCCC)CCCO. The number of hydrogen-bond donors (Lipinski definition) is 2. The minimum Gasteiger partial charge on any atom is -0.396 e. The van der Waals surface area contributed by atoms with Crippen molar-refractivity contribution in [3.8, 4) is 0 Å². The fraction of sp³-hybridized carbons (Fsp3) is 1.00. The molecule has 86 valence electrons. The summed E-state index contributed by atoms with van der Waals surface area (Å²) in [4.78, 5) is 0. The van der Waals surface area contributed by atoms with Crippen molar-refractivity contribution in [3.05, 3.63) is 0 Å². The lowest BCUT2D eigenvalue weighted by atomic mass is 9.84. The van der Waals surface area contributed by atoms with Gasteiger partial charge in [0.2, 0.25) is 0 Å². The zero-order valence-electron chi connectivity index (χ0n) is 9.89. The Hall–Kier alpha value is -0.0800. The van der Waals surface area contributed by atoms with Gasteiger partial charge in [0, 0.05) is 12.1 Å². The van der Waals surface area contributed by atoms with Crippen molar-refractivity contribution >= 4 is 0 Å². The summed E-state index contributed by atoms with van der Waals surface area (Å²) >= 11 is 0. The van der Waals surface area contributed by atoms with E-state index in [-0.39, 0.29) is 12.1 Å². The average molecular weight is 201 g/mol. The molecule has 0 saturated heterocycles. The zero-order chi connectivity index (χ0) is 10.9. The van der Waals surface area contributed by atoms with E-state index in [0.29, 0.717) is 0 Å². The highest BCUT2D eigenvalue weighted by molar-refractivity contribution is 4.83. The quantitative estimate of drug-likeness (QED) is 0.602. The molecule has 0 amide bonds. The van der Waals surface area contributed by atoms with Crippen LogP contribution in [0.15, 0.2) is 0 Å². The van der Waals surface area contributed by atoms with Gasteiger partial charge in [-0.15, -0.1) is 0 Å². The van der Waals surface area contributed by atoms with Gasteiger partial charge in [0.05, 0.1) is 0 Å². The predicted octanol–water partition coefficient (Wildman–Crippen LogP) is 2.84. The lowest BCUT2D eigenvalue weighted by Gasteiger charge is -2.29. The van der Waals surface area contributed by atoms with Crippen LogP contribution in [0.2, 0.25) is 0 Å². The lowest BCUT2D eigenvalue weighted by Crippen LogP contribution is -2.39. The summed E-state index contributed by atoms with van der Waals surface area (Å²) in [5.41, 5.74) is 6.34. The lowest BCUT2D eigenvalue weighted by molar-refractivity contribution is 0.244. The van der Waals surface area contributed by atoms with Gasteiger partial charge in [0.15, 0.2) is 0 Å². The van der Waals surface area contributed by atoms with Gasteiger partial charge in [-0.2, -0.15) is 0 Å². The number of unbranched alkanes of at least 4 members (excludes halogenated alkanes) is 2. The van der Waals surface area contributed by atoms with Crippen molar-refractivity contribution in [2.75, 3.05) is 6.61 Å². The van der Waals surface area contributed by atoms with E-state index in [9.17, 15) is 0 Å². The number of aliphatic hydroxyl groups excluding tert-OH is 1. The Labute approximate surface area is 88.9 Å². The van der Waals surface area contributed by atoms with Crippen LogP contribution in [-0.2, 0) is 0 Å². The van der Waals surface area contributed by atoms with Gasteiger partial charge in [0.1, 0.15) is 0 Å². The monoisotopic (exact) mass is 201 g/mol. The zero-order valence-corrected chi connectivity index (χ0v) is 9.89. The third-order valence-corrected chi connectivity index (χ3v) is 2.89. The second-order valence-electron chi connectivity index (χ2n) is 4.40. The Morgan fingerprint density at radius 3 is 1.71 bits per heavy atom. The van der Waals surface area contributed by atoms with Crippen LogP contribution in [0.1, 0.15) is 65.2 Å². The number of rotatable bonds is 9. The van der Waals surface area contributed by atoms with Crippen molar-refractivity contribution in [1.82, 2.24) is 0 Å². The van der Waals surface area contributed by atoms with Crippen molar-refractivity contribution in [2.45, 2.75) is 70.8 Å². The van der Waals surface area contributed by atoms with Crippen LogP contribution in [0.3, 0.4) is 0 Å². The molecule has 0 bridgehead atoms. The van der Waals surface area contributed by atoms with E-state index in [1.807, 2.05) is 0 Å². The Kier molecular flexibility index (Phi) is 8.20. The van der Waals surface area contributed by atoms with E-state index in [1.54, 1.807) is 0 Å². The molecule has 0 aromatic rings. The first-order valence-corrected chi connectivity index (χ1v) is 6.08. The molecule has 0 aliphatic heterocycles. The first-order valence-electron chi connectivity index (χ1n) is 6.08. The molecular formula is C12H27NO. The van der Waals surface area contributed by atoms with E-state index >= 15 is 0 Å². The third-order valence-electron chi connectivity index (χ3n) is 2.89. The highest BCUT2D eigenvalue weighted by Gasteiger charge is 2.22. The highest BCUT2D eigenvalue weighted by Crippen LogP contribution is 2.23. The van der Waals surface area contributed by atoms with Crippen LogP contribution in [0, 0.1) is 0 Å². The van der Waals surface area contributed by atoms with E-state index in [0.717, 1.165) is 25.7 Å². The molecule has 2 heteroatoms. The number of aliphatic hydroxyl groups is 1. The maximum Gasteiger partial charge on any atom is 0.0431 e. The molecular weight excluding hydrogens is 174 g/mol. The fourth-order valence-corrected chi connectivity index (χ4v) is 1.86. The number of hydrogen-bond acceptors (Lipinski definition) is 2. The summed E-state index contributed by atoms with van der Waals surface area (Å²) in [5, 5.41) is 8.82. The molecule has 0 spiro atoms. The molecule has 0 aromatic heterocycles. The summed E-state index contributed by atoms with van der Waals surface area (Å²) in [7, 11) is 0. The largest absolute Gasteiger partial charge is 0.396 e. The van der Waals surface area contributed by atoms with E-state index < -0.39 is 0 Å². The predicted molar refractivity (Wildman–Crippen MR) is 62.3 cm³/mol. The molecule has 0 rings (SSSR count). The molecule has 0 fully saturated rings. The molecule has 2 nitrogen and oxygen atoms in total. The molecule has 14 heavy (non-hydrogen) atoms. The van der Waals surface area contributed by atoms with Crippen molar-refractivity contribution in [1.29, 1.82) is 0 Å². The van der Waals surface area contributed by atoms with Crippen LogP contribution in [0.5, 0.6) is 0 Å². The first-order chi connectivity index (χ1) is 6.68. The summed E-state index contributed by atoms with van der Waals surface area (Å²) in [6, 6.07) is 0. The van der Waals surface area contributed by atoms with Crippen LogP contribution >= 0.6 is 0 Å². The van der Waals surface area contributed by atoms with Gasteiger partial charge in [-0.05, 0) is 25.7 Å². The summed E-state index contributed by atoms with van der Waals surface area (Å²) in [6.45, 7) is 4.68. The first kappa shape index (κ1) is 13.9. The molecule has 0 radical (unpaired) electrons. The van der Waals surface area contributed by atoms with Crippen molar-refractivity contribution in [2.24, 2.45) is 5.73 Å². The second-order valence-corrected chi connectivity index (χ2v) is 4.40. The molecule has 0 aliphatic carbocycles. The maximum atomic E-state index is 8.82. The summed E-state index contributed by atoms with van der Waals surface area (Å²) < 4.78 is 0. The van der Waals surface area contributed by atoms with Gasteiger partial charge in [0.25, 0.3) is 0 Å². The third kappa shape index (κ3) is 6.39. The van der Waals surface area contributed by atoms with E-state index in [4.69, 9.17) is 10.8 Å². The van der Waals surface area contributed by atoms with Crippen LogP contribution < -0.4 is 5.73 Å². The van der Waals surface area contributed by atoms with Crippen LogP contribution in [0.25, 0.3) is 0 Å². The molecule has 3 N–H and O–H groups in total. The van der Waals surface area contributed by atoms with E-state index in [2.05, 4.69) is 13.8 Å². The number of nitrogens with two attached hydrogens (primary N) is 1. The van der Waals surface area contributed by atoms with Gasteiger partial charge in [-0.3, -0.25) is 0 Å². The summed E-state index contributed by atoms with van der Waals surface area (Å²) in [6.07, 6.45) is 8.91. The van der Waals surface area contributed by atoms with Gasteiger partial charge >= 0.3 is 0 Å². The molecule has 0 atom stereocenters. The van der Waals surface area contributed by atoms with Gasteiger partial charge in [-0.1, -0.05) is 39.5 Å². The van der Waals surface area contributed by atoms with Gasteiger partial charge in [-0.25, -0.2) is 0 Å². The van der Waals surface area contributed by atoms with E-state index in [1.165, 1.54) is 25.7 Å². The highest BCUT2D eigenvalue weighted by atomic mass is 16.2. The second kappa shape index (κ2) is 8.25. The molecule has 0 aliphatic rings. The average Bonchev–Trinajstić information content (AvgIpc) is 2.21. The standard InChI is InChI=1S/C12H27NO/c1-3-5-8-12(13,9-6-4-2)10-7-11-14/h14H,3-11,13H2,1-2H3. The molecule has 0 heterocycles. The minimum atomic E-state index is -0.00521. The Balaban J connectivity index is 3.89. The topological polar surface area (TPSA) is 46.2 Å². The van der Waals surface area contributed by atoms with Crippen molar-refractivity contribution < 1.29 is 5.11 Å².